The molecule has 1 aliphatic heterocycles. The summed E-state index contributed by atoms with van der Waals surface area (Å²) in [7, 11) is 0. The first-order chi connectivity index (χ1) is 9.74. The monoisotopic (exact) mass is 267 g/mol. The lowest BCUT2D eigenvalue weighted by molar-refractivity contribution is -0.119. The molecule has 3 rings (SSSR count). The third kappa shape index (κ3) is 2.48. The molecule has 0 spiro atoms. The summed E-state index contributed by atoms with van der Waals surface area (Å²) in [5.74, 6) is -0.0419. The smallest absolute Gasteiger partial charge is 0.220 e. The van der Waals surface area contributed by atoms with Gasteiger partial charge in [0.05, 0.1) is 6.04 Å². The molecule has 3 heteroatoms. The summed E-state index contributed by atoms with van der Waals surface area (Å²) in [5, 5.41) is 2.71. The molecule has 1 aliphatic rings. The van der Waals surface area contributed by atoms with Crippen LogP contribution in [-0.2, 0) is 4.79 Å². The molecule has 0 aliphatic carbocycles. The summed E-state index contributed by atoms with van der Waals surface area (Å²) in [5.41, 5.74) is 2.86. The van der Waals surface area contributed by atoms with Gasteiger partial charge in [-0.3, -0.25) is 9.59 Å². The molecule has 1 heterocycles. The van der Waals surface area contributed by atoms with Crippen LogP contribution in [0.15, 0.2) is 54.6 Å². The molecule has 0 radical (unpaired) electrons. The van der Waals surface area contributed by atoms with Crippen LogP contribution in [0.4, 0.5) is 0 Å². The molecule has 2 aromatic rings. The van der Waals surface area contributed by atoms with Crippen molar-refractivity contribution in [2.24, 2.45) is 0 Å². The third-order valence-corrected chi connectivity index (χ3v) is 3.59. The van der Waals surface area contributed by atoms with Gasteiger partial charge in [-0.05, 0) is 17.5 Å². The Morgan fingerprint density at radius 2 is 1.65 bits per heavy atom. The number of ketones is 1. The second kappa shape index (κ2) is 5.29. The highest BCUT2D eigenvalue weighted by Crippen LogP contribution is 2.20. The molecular weight excluding hydrogens is 250 g/mol. The van der Waals surface area contributed by atoms with Gasteiger partial charge in [-0.1, -0.05) is 54.6 Å². The van der Waals surface area contributed by atoms with Gasteiger partial charge in [0, 0.05) is 13.4 Å². The zero-order valence-electron chi connectivity index (χ0n) is 11.0. The van der Waals surface area contributed by atoms with Crippen molar-refractivity contribution in [1.82, 2.24) is 5.32 Å². The number of amides is 1. The van der Waals surface area contributed by atoms with E-state index in [1.54, 1.807) is 0 Å². The van der Waals surface area contributed by atoms with Crippen molar-refractivity contribution in [3.8, 4) is 11.1 Å². The van der Waals surface area contributed by atoms with Crippen LogP contribution in [0.2, 0.25) is 0 Å². The largest absolute Gasteiger partial charge is 0.346 e. The van der Waals surface area contributed by atoms with Crippen molar-refractivity contribution in [2.45, 2.75) is 18.9 Å². The lowest BCUT2D eigenvalue weighted by atomic mass is 9.99. The van der Waals surface area contributed by atoms with E-state index >= 15 is 0 Å². The van der Waals surface area contributed by atoms with E-state index in [0.717, 1.165) is 11.1 Å². The summed E-state index contributed by atoms with van der Waals surface area (Å²) in [6.07, 6.45) is 1.04. The molecule has 1 fully saturated rings. The van der Waals surface area contributed by atoms with Gasteiger partial charge >= 0.3 is 0 Å². The minimum Gasteiger partial charge on any atom is -0.346 e. The summed E-state index contributed by atoms with van der Waals surface area (Å²) < 4.78 is 0. The fourth-order valence-corrected chi connectivity index (χ4v) is 2.47. The molecule has 0 bridgehead atoms. The van der Waals surface area contributed by atoms with Crippen LogP contribution in [0.3, 0.4) is 0 Å². The Labute approximate surface area is 119 Å². The maximum atomic E-state index is 12.2. The van der Waals surface area contributed by atoms with Crippen molar-refractivity contribution >= 4 is 11.7 Å². The number of hydrogen-bond donors (Lipinski definition) is 1. The average Bonchev–Trinajstić information content (AvgIpc) is 2.94. The molecule has 1 amide bonds. The zero-order valence-corrected chi connectivity index (χ0v) is 11.0. The molecular formula is C17H17NO2. The number of carbonyl (C=O) groups is 2. The van der Waals surface area contributed by atoms with E-state index in [9.17, 15) is 9.59 Å². The van der Waals surface area contributed by atoms with Crippen molar-refractivity contribution in [3.05, 3.63) is 60.2 Å². The van der Waals surface area contributed by atoms with Crippen LogP contribution < -0.4 is 5.32 Å². The fraction of sp³-hybridized carbons (Fsp3) is 0.176. The molecule has 0 aromatic heterocycles. The van der Waals surface area contributed by atoms with Gasteiger partial charge in [0.2, 0.25) is 5.91 Å². The van der Waals surface area contributed by atoms with Crippen LogP contribution in [0.1, 0.15) is 24.6 Å². The molecule has 0 unspecified atom stereocenters. The molecule has 102 valence electrons. The molecule has 1 saturated heterocycles. The maximum absolute atomic E-state index is 12.2. The van der Waals surface area contributed by atoms with Crippen LogP contribution in [0.5, 0.6) is 0 Å². The number of carbonyl (C=O) groups excluding carboxylic acids is 2. The fourth-order valence-electron chi connectivity index (χ4n) is 2.47. The normalized spacial score (nSPS) is 17.8. The highest BCUT2D eigenvalue weighted by atomic mass is 16.2. The Hall–Kier alpha value is -2.42. The number of benzene rings is 2. The second-order valence-corrected chi connectivity index (χ2v) is 4.97. The van der Waals surface area contributed by atoms with Crippen molar-refractivity contribution < 1.29 is 11.0 Å². The minimum absolute atomic E-state index is 0. The van der Waals surface area contributed by atoms with Gasteiger partial charge < -0.3 is 5.32 Å². The Morgan fingerprint density at radius 1 is 1.00 bits per heavy atom. The highest BCUT2D eigenvalue weighted by molar-refractivity contribution is 6.03. The first-order valence-electron chi connectivity index (χ1n) is 6.73. The average molecular weight is 267 g/mol. The Balaban J connectivity index is 0.00000161. The molecule has 1 atom stereocenters. The van der Waals surface area contributed by atoms with E-state index in [0.29, 0.717) is 18.4 Å². The maximum Gasteiger partial charge on any atom is 0.220 e. The van der Waals surface area contributed by atoms with Crippen molar-refractivity contribution in [3.63, 3.8) is 0 Å². The number of nitrogens with one attached hydrogen (secondary N) is 1. The zero-order chi connectivity index (χ0) is 13.9. The van der Waals surface area contributed by atoms with Crippen LogP contribution in [-0.4, -0.2) is 17.7 Å². The SMILES string of the molecule is O=C1CC[C@@H](C(=O)c2ccc(-c3ccccc3)cc2)N1.[HH]. The standard InChI is InChI=1S/C17H15NO2.H2/c19-16-11-10-15(18-16)17(20)14-8-6-13(7-9-14)12-4-2-1-3-5-12;/h1-9,15H,10-11H2,(H,18,19);1H/t15-;/m0./s1. The first kappa shape index (κ1) is 12.6. The van der Waals surface area contributed by atoms with E-state index in [2.05, 4.69) is 5.32 Å². The van der Waals surface area contributed by atoms with E-state index in [1.165, 1.54) is 0 Å². The summed E-state index contributed by atoms with van der Waals surface area (Å²) in [6, 6.07) is 17.2. The van der Waals surface area contributed by atoms with Gasteiger partial charge in [0.1, 0.15) is 0 Å². The molecule has 2 aromatic carbocycles. The molecule has 0 saturated carbocycles. The Kier molecular flexibility index (Phi) is 3.33. The van der Waals surface area contributed by atoms with E-state index in [1.807, 2.05) is 54.6 Å². The van der Waals surface area contributed by atoms with E-state index in [4.69, 9.17) is 0 Å². The van der Waals surface area contributed by atoms with Gasteiger partial charge in [-0.15, -0.1) is 0 Å². The molecule has 3 nitrogen and oxygen atoms in total. The third-order valence-electron chi connectivity index (χ3n) is 3.59. The molecule has 1 N–H and O–H groups in total. The van der Waals surface area contributed by atoms with Gasteiger partial charge in [-0.25, -0.2) is 0 Å². The van der Waals surface area contributed by atoms with Crippen LogP contribution in [0.25, 0.3) is 11.1 Å². The summed E-state index contributed by atoms with van der Waals surface area (Å²) in [6.45, 7) is 0. The highest BCUT2D eigenvalue weighted by Gasteiger charge is 2.27. The second-order valence-electron chi connectivity index (χ2n) is 4.97. The summed E-state index contributed by atoms with van der Waals surface area (Å²) in [4.78, 5) is 23.4. The summed E-state index contributed by atoms with van der Waals surface area (Å²) >= 11 is 0. The number of Topliss-reactive ketones (excluding diaryl/α,β-unsaturated/α-hetero) is 1. The van der Waals surface area contributed by atoms with E-state index in [-0.39, 0.29) is 19.2 Å². The van der Waals surface area contributed by atoms with Crippen molar-refractivity contribution in [1.29, 1.82) is 0 Å². The Morgan fingerprint density at radius 3 is 2.25 bits per heavy atom. The lowest BCUT2D eigenvalue weighted by Gasteiger charge is -2.09. The number of hydrogen-bond acceptors (Lipinski definition) is 2. The van der Waals surface area contributed by atoms with Crippen LogP contribution >= 0.6 is 0 Å². The molecule has 20 heavy (non-hydrogen) atoms. The lowest BCUT2D eigenvalue weighted by Crippen LogP contribution is -2.33. The van der Waals surface area contributed by atoms with Gasteiger partial charge in [0.25, 0.3) is 0 Å². The number of rotatable bonds is 3. The predicted octanol–water partition coefficient (Wildman–Crippen LogP) is 3.06. The van der Waals surface area contributed by atoms with Gasteiger partial charge in [0.15, 0.2) is 5.78 Å². The quantitative estimate of drug-likeness (QED) is 0.869. The Bertz CT molecular complexity index is 638. The first-order valence-corrected chi connectivity index (χ1v) is 6.73. The van der Waals surface area contributed by atoms with E-state index < -0.39 is 0 Å². The van der Waals surface area contributed by atoms with Gasteiger partial charge in [-0.2, -0.15) is 0 Å². The van der Waals surface area contributed by atoms with Crippen LogP contribution in [0, 0.1) is 0 Å². The van der Waals surface area contributed by atoms with Crippen molar-refractivity contribution in [2.75, 3.05) is 0 Å². The minimum atomic E-state index is -0.356. The predicted molar refractivity (Wildman–Crippen MR) is 79.5 cm³/mol. The topological polar surface area (TPSA) is 46.2 Å².